The van der Waals surface area contributed by atoms with E-state index < -0.39 is 0 Å². The fraction of sp³-hybridized carbons (Fsp3) is 0.316. The minimum absolute atomic E-state index is 0.0209. The van der Waals surface area contributed by atoms with E-state index in [-0.39, 0.29) is 24.5 Å². The number of aryl methyl sites for hydroxylation is 3. The maximum Gasteiger partial charge on any atom is 0.225 e. The Labute approximate surface area is 135 Å². The summed E-state index contributed by atoms with van der Waals surface area (Å²) in [5, 5.41) is 2.76. The van der Waals surface area contributed by atoms with Gasteiger partial charge in [-0.2, -0.15) is 0 Å². The smallest absolute Gasteiger partial charge is 0.225 e. The van der Waals surface area contributed by atoms with Gasteiger partial charge in [0.2, 0.25) is 5.91 Å². The minimum atomic E-state index is -0.179. The van der Waals surface area contributed by atoms with Gasteiger partial charge >= 0.3 is 0 Å². The molecule has 0 aliphatic heterocycles. The lowest BCUT2D eigenvalue weighted by Gasteiger charge is -2.07. The molecule has 1 aromatic heterocycles. The van der Waals surface area contributed by atoms with Gasteiger partial charge in [0.25, 0.3) is 0 Å². The van der Waals surface area contributed by atoms with Crippen molar-refractivity contribution in [2.24, 2.45) is 0 Å². The third-order valence-corrected chi connectivity index (χ3v) is 4.27. The van der Waals surface area contributed by atoms with E-state index in [0.717, 1.165) is 18.4 Å². The van der Waals surface area contributed by atoms with Crippen molar-refractivity contribution in [1.82, 2.24) is 4.98 Å². The molecule has 2 aromatic rings. The molecule has 4 heteroatoms. The molecule has 0 bridgehead atoms. The number of anilines is 1. The first-order valence-corrected chi connectivity index (χ1v) is 8.00. The van der Waals surface area contributed by atoms with Crippen LogP contribution < -0.4 is 5.32 Å². The zero-order valence-corrected chi connectivity index (χ0v) is 13.3. The summed E-state index contributed by atoms with van der Waals surface area (Å²) in [7, 11) is 0. The standard InChI is InChI=1S/C19H20N2O2/c1-13-4-3-11-20-19(13)21-18(23)10-9-17(22)16-8-7-14-5-2-6-15(14)12-16/h3-4,7-8,11-12H,2,5-6,9-10H2,1H3,(H,20,21,23). The molecule has 1 aliphatic rings. The Morgan fingerprint density at radius 1 is 1.13 bits per heavy atom. The van der Waals surface area contributed by atoms with Crippen molar-refractivity contribution in [2.75, 3.05) is 5.32 Å². The van der Waals surface area contributed by atoms with E-state index in [4.69, 9.17) is 0 Å². The predicted molar refractivity (Wildman–Crippen MR) is 89.6 cm³/mol. The normalized spacial score (nSPS) is 12.7. The Morgan fingerprint density at radius 2 is 1.96 bits per heavy atom. The highest BCUT2D eigenvalue weighted by atomic mass is 16.2. The first kappa shape index (κ1) is 15.4. The first-order valence-electron chi connectivity index (χ1n) is 8.00. The molecule has 3 rings (SSSR count). The molecule has 0 spiro atoms. The van der Waals surface area contributed by atoms with Crippen LogP contribution in [0.2, 0.25) is 0 Å². The van der Waals surface area contributed by atoms with Crippen LogP contribution in [-0.2, 0) is 17.6 Å². The molecule has 0 fully saturated rings. The highest BCUT2D eigenvalue weighted by Crippen LogP contribution is 2.23. The van der Waals surface area contributed by atoms with E-state index in [1.54, 1.807) is 6.20 Å². The summed E-state index contributed by atoms with van der Waals surface area (Å²) >= 11 is 0. The molecule has 1 N–H and O–H groups in total. The Bertz CT molecular complexity index is 753. The fourth-order valence-electron chi connectivity index (χ4n) is 2.93. The number of fused-ring (bicyclic) bond motifs is 1. The lowest BCUT2D eigenvalue weighted by Crippen LogP contribution is -2.15. The number of amides is 1. The lowest BCUT2D eigenvalue weighted by molar-refractivity contribution is -0.116. The van der Waals surface area contributed by atoms with Crippen LogP contribution in [0, 0.1) is 6.92 Å². The number of nitrogens with zero attached hydrogens (tertiary/aromatic N) is 1. The van der Waals surface area contributed by atoms with E-state index in [0.29, 0.717) is 11.4 Å². The van der Waals surface area contributed by atoms with E-state index in [2.05, 4.69) is 10.3 Å². The number of pyridine rings is 1. The van der Waals surface area contributed by atoms with Gasteiger partial charge in [0, 0.05) is 24.6 Å². The average Bonchev–Trinajstić information content (AvgIpc) is 3.02. The van der Waals surface area contributed by atoms with Crippen LogP contribution in [0.3, 0.4) is 0 Å². The maximum atomic E-state index is 12.3. The van der Waals surface area contributed by atoms with Crippen LogP contribution in [-0.4, -0.2) is 16.7 Å². The largest absolute Gasteiger partial charge is 0.310 e. The van der Waals surface area contributed by atoms with E-state index in [1.807, 2.05) is 37.3 Å². The van der Waals surface area contributed by atoms with Gasteiger partial charge in [0.15, 0.2) is 5.78 Å². The van der Waals surface area contributed by atoms with Gasteiger partial charge in [-0.05, 0) is 55.0 Å². The van der Waals surface area contributed by atoms with Crippen molar-refractivity contribution in [3.05, 3.63) is 58.8 Å². The summed E-state index contributed by atoms with van der Waals surface area (Å²) in [6.45, 7) is 1.89. The van der Waals surface area contributed by atoms with E-state index >= 15 is 0 Å². The van der Waals surface area contributed by atoms with Crippen molar-refractivity contribution < 1.29 is 9.59 Å². The lowest BCUT2D eigenvalue weighted by atomic mass is 10.0. The molecule has 118 valence electrons. The van der Waals surface area contributed by atoms with Gasteiger partial charge in [-0.3, -0.25) is 9.59 Å². The highest BCUT2D eigenvalue weighted by Gasteiger charge is 2.15. The number of hydrogen-bond acceptors (Lipinski definition) is 3. The number of carbonyl (C=O) groups excluding carboxylic acids is 2. The van der Waals surface area contributed by atoms with Gasteiger partial charge < -0.3 is 5.32 Å². The van der Waals surface area contributed by atoms with Crippen LogP contribution in [0.15, 0.2) is 36.5 Å². The van der Waals surface area contributed by atoms with Crippen LogP contribution in [0.25, 0.3) is 0 Å². The van der Waals surface area contributed by atoms with Gasteiger partial charge in [-0.15, -0.1) is 0 Å². The maximum absolute atomic E-state index is 12.3. The number of Topliss-reactive ketones (excluding diaryl/α,β-unsaturated/α-hetero) is 1. The number of nitrogens with one attached hydrogen (secondary N) is 1. The van der Waals surface area contributed by atoms with Crippen LogP contribution in [0.1, 0.15) is 46.3 Å². The highest BCUT2D eigenvalue weighted by molar-refractivity contribution is 6.00. The summed E-state index contributed by atoms with van der Waals surface area (Å²) in [5.41, 5.74) is 4.26. The molecule has 1 amide bonds. The predicted octanol–water partition coefficient (Wildman–Crippen LogP) is 3.48. The molecule has 0 atom stereocenters. The summed E-state index contributed by atoms with van der Waals surface area (Å²) in [6, 6.07) is 9.63. The molecule has 1 heterocycles. The topological polar surface area (TPSA) is 59.1 Å². The Balaban J connectivity index is 1.56. The van der Waals surface area contributed by atoms with E-state index in [1.165, 1.54) is 17.5 Å². The third kappa shape index (κ3) is 3.65. The molecular weight excluding hydrogens is 288 g/mol. The summed E-state index contributed by atoms with van der Waals surface area (Å²) in [5.74, 6) is 0.399. The number of aromatic nitrogens is 1. The van der Waals surface area contributed by atoms with Gasteiger partial charge in [-0.25, -0.2) is 4.98 Å². The monoisotopic (exact) mass is 308 g/mol. The second kappa shape index (κ2) is 6.73. The number of benzene rings is 1. The van der Waals surface area contributed by atoms with Crippen LogP contribution >= 0.6 is 0 Å². The zero-order chi connectivity index (χ0) is 16.2. The quantitative estimate of drug-likeness (QED) is 0.860. The molecule has 0 saturated carbocycles. The molecular formula is C19H20N2O2. The van der Waals surface area contributed by atoms with Gasteiger partial charge in [-0.1, -0.05) is 18.2 Å². The number of rotatable bonds is 5. The van der Waals surface area contributed by atoms with Crippen LogP contribution in [0.5, 0.6) is 0 Å². The molecule has 4 nitrogen and oxygen atoms in total. The Kier molecular flexibility index (Phi) is 4.51. The molecule has 0 unspecified atom stereocenters. The van der Waals surface area contributed by atoms with Gasteiger partial charge in [0.1, 0.15) is 5.82 Å². The van der Waals surface area contributed by atoms with Crippen molar-refractivity contribution in [2.45, 2.75) is 39.0 Å². The second-order valence-corrected chi connectivity index (χ2v) is 5.98. The molecule has 23 heavy (non-hydrogen) atoms. The molecule has 1 aromatic carbocycles. The zero-order valence-electron chi connectivity index (χ0n) is 13.3. The van der Waals surface area contributed by atoms with Crippen LogP contribution in [0.4, 0.5) is 5.82 Å². The SMILES string of the molecule is Cc1cccnc1NC(=O)CCC(=O)c1ccc2c(c1)CCC2. The third-order valence-electron chi connectivity index (χ3n) is 4.27. The molecule has 0 radical (unpaired) electrons. The molecule has 1 aliphatic carbocycles. The molecule has 0 saturated heterocycles. The fourth-order valence-corrected chi connectivity index (χ4v) is 2.93. The van der Waals surface area contributed by atoms with Crippen molar-refractivity contribution >= 4 is 17.5 Å². The second-order valence-electron chi connectivity index (χ2n) is 5.98. The van der Waals surface area contributed by atoms with Gasteiger partial charge in [0.05, 0.1) is 0 Å². The summed E-state index contributed by atoms with van der Waals surface area (Å²) in [6.07, 6.45) is 5.35. The Morgan fingerprint density at radius 3 is 2.78 bits per heavy atom. The summed E-state index contributed by atoms with van der Waals surface area (Å²) < 4.78 is 0. The van der Waals surface area contributed by atoms with E-state index in [9.17, 15) is 9.59 Å². The van der Waals surface area contributed by atoms with Crippen molar-refractivity contribution in [3.63, 3.8) is 0 Å². The minimum Gasteiger partial charge on any atom is -0.310 e. The van der Waals surface area contributed by atoms with Crippen molar-refractivity contribution in [1.29, 1.82) is 0 Å². The summed E-state index contributed by atoms with van der Waals surface area (Å²) in [4.78, 5) is 28.4. The average molecular weight is 308 g/mol. The Hall–Kier alpha value is -2.49. The number of hydrogen-bond donors (Lipinski definition) is 1. The number of ketones is 1. The number of carbonyl (C=O) groups is 2. The first-order chi connectivity index (χ1) is 11.1. The van der Waals surface area contributed by atoms with Crippen molar-refractivity contribution in [3.8, 4) is 0 Å².